The van der Waals surface area contributed by atoms with Crippen LogP contribution in [0.4, 0.5) is 0 Å². The predicted octanol–water partition coefficient (Wildman–Crippen LogP) is 5.04. The Balaban J connectivity index is 1.25. The van der Waals surface area contributed by atoms with Crippen molar-refractivity contribution in [3.8, 4) is 0 Å². The molecule has 2 N–H and O–H groups in total. The third-order valence-corrected chi connectivity index (χ3v) is 11.7. The topological polar surface area (TPSA) is 84.9 Å². The quantitative estimate of drug-likeness (QED) is 0.367. The molecule has 6 nitrogen and oxygen atoms in total. The maximum absolute atomic E-state index is 11.5. The van der Waals surface area contributed by atoms with Gasteiger partial charge >= 0.3 is 5.97 Å². The van der Waals surface area contributed by atoms with Gasteiger partial charge in [0.15, 0.2) is 0 Å². The van der Waals surface area contributed by atoms with E-state index in [0.717, 1.165) is 49.9 Å². The normalized spacial score (nSPS) is 45.1. The number of aliphatic hydroxyl groups is 1. The molecular weight excluding hydrogens is 466 g/mol. The fraction of sp³-hybridized carbons (Fsp3) is 0.871. The first-order valence-electron chi connectivity index (χ1n) is 14.9. The van der Waals surface area contributed by atoms with E-state index < -0.39 is 0 Å². The maximum atomic E-state index is 11.5. The fourth-order valence-electron chi connectivity index (χ4n) is 9.93. The molecule has 11 atom stereocenters. The van der Waals surface area contributed by atoms with Crippen LogP contribution in [0.1, 0.15) is 92.4 Å². The minimum Gasteiger partial charge on any atom is -0.462 e. The van der Waals surface area contributed by atoms with Crippen LogP contribution in [0.3, 0.4) is 0 Å². The lowest BCUT2D eigenvalue weighted by Crippen LogP contribution is -2.51. The molecule has 208 valence electrons. The van der Waals surface area contributed by atoms with Gasteiger partial charge in [-0.05, 0) is 97.7 Å². The Morgan fingerprint density at radius 1 is 1.22 bits per heavy atom. The third kappa shape index (κ3) is 4.79. The Morgan fingerprint density at radius 3 is 2.70 bits per heavy atom. The van der Waals surface area contributed by atoms with Crippen molar-refractivity contribution < 1.29 is 24.2 Å². The van der Waals surface area contributed by atoms with Crippen LogP contribution < -0.4 is 5.32 Å². The van der Waals surface area contributed by atoms with E-state index in [9.17, 15) is 14.7 Å². The van der Waals surface area contributed by atoms with Crippen molar-refractivity contribution in [3.63, 3.8) is 0 Å². The summed E-state index contributed by atoms with van der Waals surface area (Å²) in [6.07, 6.45) is 13.0. The van der Waals surface area contributed by atoms with Gasteiger partial charge in [0.05, 0.1) is 12.2 Å². The van der Waals surface area contributed by atoms with Crippen LogP contribution in [0.15, 0.2) is 11.6 Å². The van der Waals surface area contributed by atoms with E-state index in [2.05, 4.69) is 32.2 Å². The Labute approximate surface area is 223 Å². The maximum Gasteiger partial charge on any atom is 0.302 e. The molecule has 0 aromatic rings. The second-order valence-electron chi connectivity index (χ2n) is 13.7. The lowest BCUT2D eigenvalue weighted by molar-refractivity contribution is -0.148. The summed E-state index contributed by atoms with van der Waals surface area (Å²) in [6, 6.07) is 0. The molecule has 6 heteroatoms. The van der Waals surface area contributed by atoms with E-state index in [1.165, 1.54) is 39.5 Å². The van der Waals surface area contributed by atoms with Crippen LogP contribution in [0.25, 0.3) is 0 Å². The lowest BCUT2D eigenvalue weighted by Gasteiger charge is -2.58. The molecule has 0 radical (unpaired) electrons. The van der Waals surface area contributed by atoms with Crippen LogP contribution in [0, 0.1) is 46.3 Å². The zero-order chi connectivity index (χ0) is 26.5. The molecule has 0 aromatic heterocycles. The summed E-state index contributed by atoms with van der Waals surface area (Å²) in [4.78, 5) is 22.8. The van der Waals surface area contributed by atoms with E-state index in [1.807, 2.05) is 0 Å². The number of rotatable bonds is 7. The number of aliphatic hydroxyl groups excluding tert-OH is 1. The molecule has 0 aromatic carbocycles. The molecule has 1 heterocycles. The summed E-state index contributed by atoms with van der Waals surface area (Å²) in [7, 11) is 0. The Bertz CT molecular complexity index is 917. The fourth-order valence-corrected chi connectivity index (χ4v) is 9.93. The van der Waals surface area contributed by atoms with Crippen molar-refractivity contribution in [1.82, 2.24) is 5.32 Å². The standard InChI is InChI=1S/C31H49NO5/c1-18-27(9-6-21(17-33)16-32-19(2)34)37-28-15-26-24-8-7-22-14-23(36-20(3)35)10-12-30(22,4)25(24)11-13-31(26,5)29(18)28/h7,18,21,23-29,33H,6,8-17H2,1-5H3,(H,32,34)/t18?,21?,23?,24-,25+,26+,27?,28+,29+,30+,31+/m1/s1. The number of carbonyl (C=O) groups is 2. The van der Waals surface area contributed by atoms with Crippen molar-refractivity contribution in [2.45, 2.75) is 111 Å². The van der Waals surface area contributed by atoms with Crippen molar-refractivity contribution in [3.05, 3.63) is 11.6 Å². The van der Waals surface area contributed by atoms with Crippen LogP contribution in [-0.2, 0) is 19.1 Å². The van der Waals surface area contributed by atoms with E-state index in [-0.39, 0.29) is 42.0 Å². The molecule has 1 saturated heterocycles. The number of hydrogen-bond acceptors (Lipinski definition) is 5. The molecule has 5 rings (SSSR count). The SMILES string of the molecule is CC(=O)NCC(CO)CCC1O[C@H]2C[C@H]3[C@@H]4CC=C5CC(OC(C)=O)CC[C@]5(C)[C@H]4CC[C@]3(C)[C@H]2C1C. The molecule has 0 bridgehead atoms. The van der Waals surface area contributed by atoms with E-state index in [4.69, 9.17) is 9.47 Å². The summed E-state index contributed by atoms with van der Waals surface area (Å²) >= 11 is 0. The summed E-state index contributed by atoms with van der Waals surface area (Å²) in [5.41, 5.74) is 2.14. The average molecular weight is 516 g/mol. The highest BCUT2D eigenvalue weighted by atomic mass is 16.5. The molecule has 4 unspecified atom stereocenters. The predicted molar refractivity (Wildman–Crippen MR) is 142 cm³/mol. The second kappa shape index (κ2) is 10.3. The van der Waals surface area contributed by atoms with Crippen LogP contribution in [0.2, 0.25) is 0 Å². The lowest BCUT2D eigenvalue weighted by atomic mass is 9.47. The number of hydrogen-bond donors (Lipinski definition) is 2. The minimum absolute atomic E-state index is 0.0380. The largest absolute Gasteiger partial charge is 0.462 e. The monoisotopic (exact) mass is 515 g/mol. The number of allylic oxidation sites excluding steroid dienone is 1. The number of ether oxygens (including phenoxy) is 2. The molecule has 4 fully saturated rings. The number of amides is 1. The number of carbonyl (C=O) groups excluding carboxylic acids is 2. The van der Waals surface area contributed by atoms with Gasteiger partial charge < -0.3 is 19.9 Å². The number of nitrogens with one attached hydrogen (secondary N) is 1. The first-order chi connectivity index (χ1) is 17.6. The van der Waals surface area contributed by atoms with Gasteiger partial charge in [0.2, 0.25) is 5.91 Å². The zero-order valence-electron chi connectivity index (χ0n) is 23.6. The molecule has 1 aliphatic heterocycles. The van der Waals surface area contributed by atoms with Gasteiger partial charge in [-0.1, -0.05) is 32.4 Å². The highest BCUT2D eigenvalue weighted by molar-refractivity contribution is 5.72. The first kappa shape index (κ1) is 27.2. The Kier molecular flexibility index (Phi) is 7.56. The van der Waals surface area contributed by atoms with E-state index in [1.54, 1.807) is 5.57 Å². The highest BCUT2D eigenvalue weighted by Crippen LogP contribution is 2.69. The van der Waals surface area contributed by atoms with Gasteiger partial charge in [0.1, 0.15) is 6.10 Å². The second-order valence-corrected chi connectivity index (χ2v) is 13.7. The van der Waals surface area contributed by atoms with E-state index >= 15 is 0 Å². The minimum atomic E-state index is -0.152. The molecule has 3 saturated carbocycles. The number of fused-ring (bicyclic) bond motifs is 7. The summed E-state index contributed by atoms with van der Waals surface area (Å²) < 4.78 is 12.4. The van der Waals surface area contributed by atoms with Crippen molar-refractivity contribution in [2.75, 3.05) is 13.2 Å². The van der Waals surface area contributed by atoms with Crippen molar-refractivity contribution in [1.29, 1.82) is 0 Å². The third-order valence-electron chi connectivity index (χ3n) is 11.7. The molecule has 0 spiro atoms. The molecular formula is C31H49NO5. The van der Waals surface area contributed by atoms with E-state index in [0.29, 0.717) is 29.9 Å². The molecule has 4 aliphatic carbocycles. The highest BCUT2D eigenvalue weighted by Gasteiger charge is 2.65. The summed E-state index contributed by atoms with van der Waals surface area (Å²) in [5.74, 6) is 3.23. The van der Waals surface area contributed by atoms with Gasteiger partial charge in [-0.25, -0.2) is 0 Å². The van der Waals surface area contributed by atoms with Gasteiger partial charge in [-0.2, -0.15) is 0 Å². The number of esters is 1. The van der Waals surface area contributed by atoms with Gasteiger partial charge in [-0.3, -0.25) is 9.59 Å². The zero-order valence-corrected chi connectivity index (χ0v) is 23.6. The van der Waals surface area contributed by atoms with Gasteiger partial charge in [0, 0.05) is 33.4 Å². The molecule has 1 amide bonds. The van der Waals surface area contributed by atoms with Crippen LogP contribution in [-0.4, -0.2) is 48.4 Å². The summed E-state index contributed by atoms with van der Waals surface area (Å²) in [5, 5.41) is 12.6. The molecule has 37 heavy (non-hydrogen) atoms. The van der Waals surface area contributed by atoms with Crippen LogP contribution >= 0.6 is 0 Å². The average Bonchev–Trinajstić information content (AvgIpc) is 3.32. The van der Waals surface area contributed by atoms with Crippen molar-refractivity contribution in [2.24, 2.45) is 46.3 Å². The van der Waals surface area contributed by atoms with Gasteiger partial charge in [0.25, 0.3) is 0 Å². The van der Waals surface area contributed by atoms with Crippen molar-refractivity contribution >= 4 is 11.9 Å². The van der Waals surface area contributed by atoms with Gasteiger partial charge in [-0.15, -0.1) is 0 Å². The smallest absolute Gasteiger partial charge is 0.302 e. The molecule has 5 aliphatic rings. The summed E-state index contributed by atoms with van der Waals surface area (Å²) in [6.45, 7) is 11.2. The Morgan fingerprint density at radius 2 is 2.00 bits per heavy atom. The van der Waals surface area contributed by atoms with Crippen LogP contribution in [0.5, 0.6) is 0 Å². The Hall–Kier alpha value is -1.40. The first-order valence-corrected chi connectivity index (χ1v) is 14.9.